The number of nitrogens with one attached hydrogen (secondary N) is 1. The predicted octanol–water partition coefficient (Wildman–Crippen LogP) is 3.51. The van der Waals surface area contributed by atoms with Crippen molar-refractivity contribution in [2.45, 2.75) is 66.0 Å². The molecule has 0 bridgehead atoms. The monoisotopic (exact) mass is 458 g/mol. The molecule has 1 aliphatic carbocycles. The van der Waals surface area contributed by atoms with Crippen LogP contribution in [-0.4, -0.2) is 58.7 Å². The van der Waals surface area contributed by atoms with Gasteiger partial charge in [0.15, 0.2) is 6.04 Å². The van der Waals surface area contributed by atoms with Gasteiger partial charge in [-0.15, -0.1) is 0 Å². The van der Waals surface area contributed by atoms with Crippen LogP contribution in [0.25, 0.3) is 0 Å². The smallest absolute Gasteiger partial charge is 0.328 e. The van der Waals surface area contributed by atoms with Crippen LogP contribution in [0.2, 0.25) is 0 Å². The van der Waals surface area contributed by atoms with Gasteiger partial charge in [-0.3, -0.25) is 9.79 Å². The van der Waals surface area contributed by atoms with Gasteiger partial charge in [0.25, 0.3) is 0 Å². The highest BCUT2D eigenvalue weighted by Gasteiger charge is 2.26. The number of allylic oxidation sites excluding steroid dienone is 10. The van der Waals surface area contributed by atoms with Crippen molar-refractivity contribution in [1.29, 1.82) is 0 Å². The van der Waals surface area contributed by atoms with Crippen molar-refractivity contribution in [3.63, 3.8) is 0 Å². The maximum absolute atomic E-state index is 12.0. The van der Waals surface area contributed by atoms with Gasteiger partial charge in [0, 0.05) is 6.21 Å². The Balaban J connectivity index is 2.72. The number of nitrogens with zero attached hydrogens (tertiary/aromatic N) is 1. The average molecular weight is 459 g/mol. The number of aliphatic hydroxyl groups excluding tert-OH is 2. The third kappa shape index (κ3) is 9.72. The Kier molecular flexibility index (Phi) is 11.7. The zero-order valence-corrected chi connectivity index (χ0v) is 20.3. The van der Waals surface area contributed by atoms with Crippen LogP contribution >= 0.6 is 0 Å². The summed E-state index contributed by atoms with van der Waals surface area (Å²) in [6.07, 6.45) is 16.9. The van der Waals surface area contributed by atoms with Gasteiger partial charge in [0.1, 0.15) is 6.04 Å². The van der Waals surface area contributed by atoms with Gasteiger partial charge in [-0.25, -0.2) is 4.79 Å². The second kappa shape index (κ2) is 13.7. The summed E-state index contributed by atoms with van der Waals surface area (Å²) in [6, 6.07) is -2.59. The fraction of sp³-hybridized carbons (Fsp3) is 0.500. The molecule has 7 heteroatoms. The first-order chi connectivity index (χ1) is 15.5. The largest absolute Gasteiger partial charge is 0.480 e. The number of carboxylic acids is 1. The van der Waals surface area contributed by atoms with Crippen LogP contribution in [0.3, 0.4) is 0 Å². The minimum atomic E-state index is -1.43. The molecule has 33 heavy (non-hydrogen) atoms. The summed E-state index contributed by atoms with van der Waals surface area (Å²) in [6.45, 7) is 9.41. The number of carboxylic acid groups (broad SMARTS) is 1. The third-order valence-electron chi connectivity index (χ3n) is 5.65. The van der Waals surface area contributed by atoms with Crippen LogP contribution in [0.15, 0.2) is 63.7 Å². The van der Waals surface area contributed by atoms with E-state index < -0.39 is 37.2 Å². The highest BCUT2D eigenvalue weighted by Crippen LogP contribution is 2.40. The minimum absolute atomic E-state index is 0.212. The maximum atomic E-state index is 12.0. The quantitative estimate of drug-likeness (QED) is 0.279. The van der Waals surface area contributed by atoms with Crippen molar-refractivity contribution in [2.24, 2.45) is 10.4 Å². The van der Waals surface area contributed by atoms with Gasteiger partial charge in [-0.2, -0.15) is 0 Å². The van der Waals surface area contributed by atoms with Gasteiger partial charge in [0.05, 0.1) is 13.2 Å². The molecule has 1 aliphatic rings. The van der Waals surface area contributed by atoms with Gasteiger partial charge < -0.3 is 20.6 Å². The summed E-state index contributed by atoms with van der Waals surface area (Å²) >= 11 is 0. The highest BCUT2D eigenvalue weighted by molar-refractivity contribution is 5.88. The van der Waals surface area contributed by atoms with Gasteiger partial charge in [-0.1, -0.05) is 55.4 Å². The van der Waals surface area contributed by atoms with E-state index in [-0.39, 0.29) is 5.41 Å². The number of aliphatic hydroxyl groups is 2. The maximum Gasteiger partial charge on any atom is 0.328 e. The highest BCUT2D eigenvalue weighted by atomic mass is 16.4. The first-order valence-electron chi connectivity index (χ1n) is 11.2. The second-order valence-electron chi connectivity index (χ2n) is 9.02. The molecule has 0 spiro atoms. The molecule has 1 amide bonds. The SMILES string of the molecule is CC(C=CC1=C(C)CCCC1(C)C)=CC=CC(C)=CC=N[C@@H](CO)C(=O)N[C@@H](CO)C(=O)O. The lowest BCUT2D eigenvalue weighted by Crippen LogP contribution is -2.47. The van der Waals surface area contributed by atoms with E-state index in [2.05, 4.69) is 43.2 Å². The Bertz CT molecular complexity index is 875. The zero-order valence-electron chi connectivity index (χ0n) is 20.3. The molecule has 0 aromatic carbocycles. The van der Waals surface area contributed by atoms with E-state index in [1.165, 1.54) is 30.2 Å². The van der Waals surface area contributed by atoms with Crippen LogP contribution in [0.1, 0.15) is 53.9 Å². The van der Waals surface area contributed by atoms with Crippen LogP contribution < -0.4 is 5.32 Å². The van der Waals surface area contributed by atoms with E-state index in [1.54, 1.807) is 6.08 Å². The Labute approximate surface area is 197 Å². The van der Waals surface area contributed by atoms with Crippen LogP contribution in [-0.2, 0) is 9.59 Å². The molecule has 0 aromatic rings. The molecule has 0 saturated carbocycles. The molecule has 0 saturated heterocycles. The predicted molar refractivity (Wildman–Crippen MR) is 132 cm³/mol. The summed E-state index contributed by atoms with van der Waals surface area (Å²) in [7, 11) is 0. The van der Waals surface area contributed by atoms with Gasteiger partial charge >= 0.3 is 5.97 Å². The summed E-state index contributed by atoms with van der Waals surface area (Å²) in [5, 5.41) is 29.3. The summed E-state index contributed by atoms with van der Waals surface area (Å²) in [5.74, 6) is -2.13. The number of hydrogen-bond donors (Lipinski definition) is 4. The van der Waals surface area contributed by atoms with E-state index in [4.69, 9.17) is 10.2 Å². The Hall–Kier alpha value is -2.77. The van der Waals surface area contributed by atoms with E-state index in [0.717, 1.165) is 17.6 Å². The number of carbonyl (C=O) groups is 2. The molecule has 7 nitrogen and oxygen atoms in total. The number of carbonyl (C=O) groups excluding carboxylic acids is 1. The molecule has 1 rings (SSSR count). The number of aliphatic carboxylic acids is 1. The van der Waals surface area contributed by atoms with E-state index in [1.807, 2.05) is 32.1 Å². The van der Waals surface area contributed by atoms with Crippen molar-refractivity contribution < 1.29 is 24.9 Å². The van der Waals surface area contributed by atoms with Crippen molar-refractivity contribution in [3.05, 3.63) is 58.7 Å². The Morgan fingerprint density at radius 3 is 2.36 bits per heavy atom. The molecule has 182 valence electrons. The molecule has 2 atom stereocenters. The molecule has 0 aromatic heterocycles. The van der Waals surface area contributed by atoms with Crippen molar-refractivity contribution in [1.82, 2.24) is 5.32 Å². The minimum Gasteiger partial charge on any atom is -0.480 e. The van der Waals surface area contributed by atoms with Crippen LogP contribution in [0.5, 0.6) is 0 Å². The molecular weight excluding hydrogens is 420 g/mol. The average Bonchev–Trinajstić information content (AvgIpc) is 2.73. The molecule has 0 aliphatic heterocycles. The third-order valence-corrected chi connectivity index (χ3v) is 5.65. The van der Waals surface area contributed by atoms with Crippen molar-refractivity contribution in [3.8, 4) is 0 Å². The van der Waals surface area contributed by atoms with Gasteiger partial charge in [0.2, 0.25) is 5.91 Å². The standard InChI is InChI=1S/C26H38N2O5/c1-18(11-12-21-20(3)10-7-14-26(21,4)5)8-6-9-19(2)13-15-27-22(16-29)24(31)28-23(17-30)25(32)33/h6,8-9,11-13,15,22-23,29-30H,7,10,14,16-17H2,1-5H3,(H,28,31)(H,32,33)/t22-,23-/m0/s1. The Morgan fingerprint density at radius 1 is 1.12 bits per heavy atom. The number of aliphatic imine (C=N–C) groups is 1. The molecule has 0 unspecified atom stereocenters. The van der Waals surface area contributed by atoms with Crippen molar-refractivity contribution >= 4 is 18.1 Å². The van der Waals surface area contributed by atoms with Crippen LogP contribution in [0.4, 0.5) is 0 Å². The lowest BCUT2D eigenvalue weighted by molar-refractivity contribution is -0.143. The van der Waals surface area contributed by atoms with Gasteiger partial charge in [-0.05, 0) is 62.7 Å². The molecule has 0 fully saturated rings. The first kappa shape index (κ1) is 28.3. The fourth-order valence-electron chi connectivity index (χ4n) is 3.60. The Morgan fingerprint density at radius 2 is 1.79 bits per heavy atom. The molecule has 4 N–H and O–H groups in total. The van der Waals surface area contributed by atoms with Crippen molar-refractivity contribution in [2.75, 3.05) is 13.2 Å². The van der Waals surface area contributed by atoms with E-state index in [0.29, 0.717) is 0 Å². The summed E-state index contributed by atoms with van der Waals surface area (Å²) < 4.78 is 0. The zero-order chi connectivity index (χ0) is 25.0. The summed E-state index contributed by atoms with van der Waals surface area (Å²) in [4.78, 5) is 26.9. The topological polar surface area (TPSA) is 119 Å². The van der Waals surface area contributed by atoms with E-state index in [9.17, 15) is 14.7 Å². The number of rotatable bonds is 11. The lowest BCUT2D eigenvalue weighted by Gasteiger charge is -2.32. The molecule has 0 heterocycles. The number of hydrogen-bond acceptors (Lipinski definition) is 5. The lowest BCUT2D eigenvalue weighted by atomic mass is 9.72. The summed E-state index contributed by atoms with van der Waals surface area (Å²) in [5.41, 5.74) is 5.12. The van der Waals surface area contributed by atoms with Crippen LogP contribution in [0, 0.1) is 5.41 Å². The second-order valence-corrected chi connectivity index (χ2v) is 9.02. The fourth-order valence-corrected chi connectivity index (χ4v) is 3.60. The van der Waals surface area contributed by atoms with E-state index >= 15 is 0 Å². The normalized spacial score (nSPS) is 19.5. The first-order valence-corrected chi connectivity index (χ1v) is 11.2. The molecular formula is C26H38N2O5. The number of amides is 1. The molecule has 0 radical (unpaired) electrons.